The van der Waals surface area contributed by atoms with Crippen LogP contribution in [-0.2, 0) is 4.79 Å². The molecule has 0 bridgehead atoms. The molecule has 0 spiro atoms. The average Bonchev–Trinajstić information content (AvgIpc) is 2.75. The summed E-state index contributed by atoms with van der Waals surface area (Å²) < 4.78 is 25.3. The third kappa shape index (κ3) is 4.45. The number of hydrogen-bond donors (Lipinski definition) is 0. The van der Waals surface area contributed by atoms with Crippen LogP contribution in [0.2, 0.25) is 5.02 Å². The van der Waals surface area contributed by atoms with Crippen molar-refractivity contribution in [2.45, 2.75) is 0 Å². The van der Waals surface area contributed by atoms with E-state index in [0.29, 0.717) is 47.8 Å². The van der Waals surface area contributed by atoms with Crippen LogP contribution in [0.1, 0.15) is 0 Å². The van der Waals surface area contributed by atoms with Crippen molar-refractivity contribution < 1.29 is 18.7 Å². The minimum atomic E-state index is -0.543. The van der Waals surface area contributed by atoms with Crippen LogP contribution in [0.15, 0.2) is 48.8 Å². The van der Waals surface area contributed by atoms with Gasteiger partial charge in [0.1, 0.15) is 29.9 Å². The number of benzene rings is 2. The molecule has 2 heterocycles. The molecule has 0 fully saturated rings. The van der Waals surface area contributed by atoms with Crippen molar-refractivity contribution in [2.24, 2.45) is 0 Å². The molecule has 31 heavy (non-hydrogen) atoms. The minimum absolute atomic E-state index is 0.0598. The van der Waals surface area contributed by atoms with Gasteiger partial charge in [0.15, 0.2) is 5.75 Å². The zero-order valence-corrected chi connectivity index (χ0v) is 17.8. The average molecular weight is 443 g/mol. The Morgan fingerprint density at radius 2 is 2.16 bits per heavy atom. The van der Waals surface area contributed by atoms with Gasteiger partial charge in [-0.1, -0.05) is 17.7 Å². The minimum Gasteiger partial charge on any atom is -0.489 e. The Labute approximate surface area is 183 Å². The molecule has 160 valence electrons. The first-order chi connectivity index (χ1) is 14.9. The molecule has 7 nitrogen and oxygen atoms in total. The fourth-order valence-corrected chi connectivity index (χ4v) is 3.38. The van der Waals surface area contributed by atoms with Gasteiger partial charge in [-0.05, 0) is 38.4 Å². The molecule has 3 aromatic rings. The zero-order chi connectivity index (χ0) is 22.0. The molecule has 4 rings (SSSR count). The van der Waals surface area contributed by atoms with Gasteiger partial charge in [-0.2, -0.15) is 0 Å². The lowest BCUT2D eigenvalue weighted by atomic mass is 10.1. The molecular formula is C22H20ClFN4O3. The summed E-state index contributed by atoms with van der Waals surface area (Å²) in [5, 5.41) is 0.464. The summed E-state index contributed by atoms with van der Waals surface area (Å²) in [7, 11) is 3.86. The summed E-state index contributed by atoms with van der Waals surface area (Å²) in [5.74, 6) is 0.317. The number of rotatable bonds is 5. The van der Waals surface area contributed by atoms with E-state index in [0.717, 1.165) is 0 Å². The van der Waals surface area contributed by atoms with Gasteiger partial charge in [-0.15, -0.1) is 0 Å². The van der Waals surface area contributed by atoms with Gasteiger partial charge < -0.3 is 19.3 Å². The third-order valence-electron chi connectivity index (χ3n) is 4.66. The molecule has 0 saturated heterocycles. The molecule has 1 aliphatic rings. The van der Waals surface area contributed by atoms with Gasteiger partial charge in [0.25, 0.3) is 5.91 Å². The van der Waals surface area contributed by atoms with Crippen molar-refractivity contribution in [3.63, 3.8) is 0 Å². The van der Waals surface area contributed by atoms with Crippen LogP contribution >= 0.6 is 11.6 Å². The predicted molar refractivity (Wildman–Crippen MR) is 117 cm³/mol. The molecule has 0 atom stereocenters. The first-order valence-corrected chi connectivity index (χ1v) is 9.98. The molecule has 1 aromatic heterocycles. The lowest BCUT2D eigenvalue weighted by Crippen LogP contribution is -2.37. The maximum absolute atomic E-state index is 13.5. The Morgan fingerprint density at radius 1 is 1.32 bits per heavy atom. The Morgan fingerprint density at radius 3 is 2.94 bits per heavy atom. The summed E-state index contributed by atoms with van der Waals surface area (Å²) >= 11 is 5.86. The number of halogens is 2. The second kappa shape index (κ2) is 8.87. The van der Waals surface area contributed by atoms with Crippen molar-refractivity contribution in [1.82, 2.24) is 14.9 Å². The summed E-state index contributed by atoms with van der Waals surface area (Å²) in [6.07, 6.45) is 4.73. The summed E-state index contributed by atoms with van der Waals surface area (Å²) in [5.41, 5.74) is 1.20. The number of amides is 1. The third-order valence-corrected chi connectivity index (χ3v) is 4.94. The maximum atomic E-state index is 13.5. The summed E-state index contributed by atoms with van der Waals surface area (Å²) in [4.78, 5) is 24.9. The molecule has 2 aromatic carbocycles. The Kier molecular flexibility index (Phi) is 6.01. The van der Waals surface area contributed by atoms with Crippen molar-refractivity contribution in [3.05, 3.63) is 59.7 Å². The first-order valence-electron chi connectivity index (χ1n) is 9.60. The van der Waals surface area contributed by atoms with E-state index in [1.807, 2.05) is 25.1 Å². The Balaban J connectivity index is 1.73. The summed E-state index contributed by atoms with van der Waals surface area (Å²) in [6.45, 7) is 1.39. The molecule has 0 N–H and O–H groups in total. The van der Waals surface area contributed by atoms with Gasteiger partial charge >= 0.3 is 0 Å². The van der Waals surface area contributed by atoms with Crippen molar-refractivity contribution in [1.29, 1.82) is 0 Å². The normalized spacial score (nSPS) is 13.5. The van der Waals surface area contributed by atoms with E-state index in [1.165, 1.54) is 24.5 Å². The number of aromatic nitrogens is 2. The standard InChI is InChI=1S/C22H20ClFN4O3/c1-27(2)9-3-4-19(29)28-10-11-30-21-18(28)8-7-17-20(21)22(26-13-25-17)31-14-5-6-16(24)15(23)12-14/h3-8,12-13H,9-11H2,1-2H3/b4-3+. The number of likely N-dealkylation sites (N-methyl/N-ethyl adjacent to an activating group) is 1. The number of carbonyl (C=O) groups is 1. The van der Waals surface area contributed by atoms with E-state index < -0.39 is 5.82 Å². The van der Waals surface area contributed by atoms with Crippen LogP contribution in [0, 0.1) is 5.82 Å². The molecule has 0 radical (unpaired) electrons. The fourth-order valence-electron chi connectivity index (χ4n) is 3.21. The van der Waals surface area contributed by atoms with Crippen LogP contribution in [0.4, 0.5) is 10.1 Å². The van der Waals surface area contributed by atoms with Gasteiger partial charge in [0.2, 0.25) is 5.88 Å². The Bertz CT molecular complexity index is 1170. The van der Waals surface area contributed by atoms with E-state index in [2.05, 4.69) is 9.97 Å². The topological polar surface area (TPSA) is 67.8 Å². The van der Waals surface area contributed by atoms with Crippen molar-refractivity contribution >= 4 is 34.1 Å². The Hall–Kier alpha value is -3.23. The van der Waals surface area contributed by atoms with E-state index >= 15 is 0 Å². The van der Waals surface area contributed by atoms with Crippen molar-refractivity contribution in [3.8, 4) is 17.4 Å². The van der Waals surface area contributed by atoms with E-state index in [-0.39, 0.29) is 16.8 Å². The van der Waals surface area contributed by atoms with Crippen molar-refractivity contribution in [2.75, 3.05) is 38.7 Å². The van der Waals surface area contributed by atoms with Gasteiger partial charge in [-0.3, -0.25) is 4.79 Å². The maximum Gasteiger partial charge on any atom is 0.250 e. The molecule has 1 aliphatic heterocycles. The zero-order valence-electron chi connectivity index (χ0n) is 17.0. The number of hydrogen-bond acceptors (Lipinski definition) is 6. The monoisotopic (exact) mass is 442 g/mol. The van der Waals surface area contributed by atoms with Gasteiger partial charge in [0.05, 0.1) is 22.8 Å². The highest BCUT2D eigenvalue weighted by molar-refractivity contribution is 6.30. The first kappa shape index (κ1) is 21.0. The molecule has 9 heteroatoms. The number of fused-ring (bicyclic) bond motifs is 3. The van der Waals surface area contributed by atoms with Crippen LogP contribution < -0.4 is 14.4 Å². The number of anilines is 1. The van der Waals surface area contributed by atoms with Crippen LogP contribution in [0.3, 0.4) is 0 Å². The largest absolute Gasteiger partial charge is 0.489 e. The highest BCUT2D eigenvalue weighted by atomic mass is 35.5. The quantitative estimate of drug-likeness (QED) is 0.555. The SMILES string of the molecule is CN(C)C/C=C/C(=O)N1CCOc2c1ccc1ncnc(Oc3ccc(F)c(Cl)c3)c21. The molecule has 0 unspecified atom stereocenters. The molecule has 1 amide bonds. The van der Waals surface area contributed by atoms with Gasteiger partial charge in [0, 0.05) is 18.7 Å². The number of ether oxygens (including phenoxy) is 2. The molecule has 0 saturated carbocycles. The van der Waals surface area contributed by atoms with Crippen LogP contribution in [-0.4, -0.2) is 54.6 Å². The lowest BCUT2D eigenvalue weighted by molar-refractivity contribution is -0.114. The van der Waals surface area contributed by atoms with Gasteiger partial charge in [-0.25, -0.2) is 14.4 Å². The number of carbonyl (C=O) groups excluding carboxylic acids is 1. The number of nitrogens with zero attached hydrogens (tertiary/aromatic N) is 4. The molecular weight excluding hydrogens is 423 g/mol. The highest BCUT2D eigenvalue weighted by Gasteiger charge is 2.26. The highest BCUT2D eigenvalue weighted by Crippen LogP contribution is 2.42. The van der Waals surface area contributed by atoms with Crippen LogP contribution in [0.5, 0.6) is 17.4 Å². The predicted octanol–water partition coefficient (Wildman–Crippen LogP) is 4.06. The van der Waals surface area contributed by atoms with Crippen LogP contribution in [0.25, 0.3) is 10.9 Å². The second-order valence-corrected chi connectivity index (χ2v) is 7.57. The molecule has 0 aliphatic carbocycles. The lowest BCUT2D eigenvalue weighted by Gasteiger charge is -2.29. The summed E-state index contributed by atoms with van der Waals surface area (Å²) in [6, 6.07) is 7.61. The van der Waals surface area contributed by atoms with E-state index in [9.17, 15) is 9.18 Å². The van der Waals surface area contributed by atoms with E-state index in [1.54, 1.807) is 23.1 Å². The second-order valence-electron chi connectivity index (χ2n) is 7.17. The van der Waals surface area contributed by atoms with E-state index in [4.69, 9.17) is 21.1 Å². The fraction of sp³-hybridized carbons (Fsp3) is 0.227. The smallest absolute Gasteiger partial charge is 0.250 e.